The fourth-order valence-electron chi connectivity index (χ4n) is 2.98. The summed E-state index contributed by atoms with van der Waals surface area (Å²) in [7, 11) is 3.24. The Bertz CT molecular complexity index is 619. The monoisotopic (exact) mass is 333 g/mol. The summed E-state index contributed by atoms with van der Waals surface area (Å²) >= 11 is 0. The van der Waals surface area contributed by atoms with Gasteiger partial charge in [0.25, 0.3) is 0 Å². The predicted octanol–water partition coefficient (Wildman–Crippen LogP) is 4.11. The summed E-state index contributed by atoms with van der Waals surface area (Å²) in [6.07, 6.45) is 2.94. The van der Waals surface area contributed by atoms with Gasteiger partial charge in [-0.2, -0.15) is 0 Å². The van der Waals surface area contributed by atoms with Crippen molar-refractivity contribution in [3.63, 3.8) is 0 Å². The lowest BCUT2D eigenvalue weighted by Crippen LogP contribution is -2.43. The summed E-state index contributed by atoms with van der Waals surface area (Å²) in [5.74, 6) is 1.37. The first-order chi connectivity index (χ1) is 11.3. The highest BCUT2D eigenvalue weighted by Crippen LogP contribution is 2.40. The highest BCUT2D eigenvalue weighted by molar-refractivity contribution is 5.70. The van der Waals surface area contributed by atoms with E-state index in [2.05, 4.69) is 6.58 Å². The van der Waals surface area contributed by atoms with Crippen LogP contribution in [0.5, 0.6) is 11.5 Å². The molecule has 1 heterocycles. The highest BCUT2D eigenvalue weighted by Gasteiger charge is 2.33. The lowest BCUT2D eigenvalue weighted by molar-refractivity contribution is 0.0144. The topological polar surface area (TPSA) is 48.0 Å². The quantitative estimate of drug-likeness (QED) is 0.778. The van der Waals surface area contributed by atoms with Crippen LogP contribution in [-0.2, 0) is 11.2 Å². The van der Waals surface area contributed by atoms with Gasteiger partial charge in [0.1, 0.15) is 5.60 Å². The van der Waals surface area contributed by atoms with Crippen molar-refractivity contribution in [2.45, 2.75) is 45.3 Å². The summed E-state index contributed by atoms with van der Waals surface area (Å²) in [6.45, 7) is 10.1. The van der Waals surface area contributed by atoms with Crippen molar-refractivity contribution in [1.82, 2.24) is 4.90 Å². The SMILES string of the molecule is C=CCC1c2cc(OC)c(OC)cc2CCN1C(=O)OC(C)(C)C. The zero-order valence-corrected chi connectivity index (χ0v) is 15.2. The molecule has 0 radical (unpaired) electrons. The molecule has 0 N–H and O–H groups in total. The number of methoxy groups -OCH3 is 2. The van der Waals surface area contributed by atoms with Gasteiger partial charge in [0.2, 0.25) is 0 Å². The maximum atomic E-state index is 12.6. The molecule has 5 nitrogen and oxygen atoms in total. The standard InChI is InChI=1S/C19H27NO4/c1-7-8-15-14-12-17(23-6)16(22-5)11-13(14)9-10-20(15)18(21)24-19(2,3)4/h7,11-12,15H,1,8-10H2,2-6H3. The van der Waals surface area contributed by atoms with Crippen LogP contribution in [0, 0.1) is 0 Å². The van der Waals surface area contributed by atoms with E-state index in [-0.39, 0.29) is 12.1 Å². The molecule has 0 saturated heterocycles. The summed E-state index contributed by atoms with van der Waals surface area (Å²) in [5, 5.41) is 0. The maximum absolute atomic E-state index is 12.6. The van der Waals surface area contributed by atoms with Crippen molar-refractivity contribution in [2.24, 2.45) is 0 Å². The Labute approximate surface area is 144 Å². The summed E-state index contributed by atoms with van der Waals surface area (Å²) in [6, 6.07) is 3.84. The van der Waals surface area contributed by atoms with Crippen LogP contribution >= 0.6 is 0 Å². The van der Waals surface area contributed by atoms with Gasteiger partial charge in [0.05, 0.1) is 20.3 Å². The molecule has 0 saturated carbocycles. The fourth-order valence-corrected chi connectivity index (χ4v) is 2.98. The van der Waals surface area contributed by atoms with Gasteiger partial charge < -0.3 is 19.1 Å². The Morgan fingerprint density at radius 1 is 1.29 bits per heavy atom. The van der Waals surface area contributed by atoms with E-state index in [0.29, 0.717) is 24.5 Å². The lowest BCUT2D eigenvalue weighted by Gasteiger charge is -2.38. The molecule has 0 aliphatic carbocycles. The largest absolute Gasteiger partial charge is 0.493 e. The first-order valence-electron chi connectivity index (χ1n) is 8.16. The van der Waals surface area contributed by atoms with Crippen LogP contribution in [0.2, 0.25) is 0 Å². The minimum atomic E-state index is -0.520. The van der Waals surface area contributed by atoms with Gasteiger partial charge in [0, 0.05) is 6.54 Å². The van der Waals surface area contributed by atoms with Crippen molar-refractivity contribution in [2.75, 3.05) is 20.8 Å². The van der Waals surface area contributed by atoms with E-state index in [1.165, 1.54) is 5.56 Å². The van der Waals surface area contributed by atoms with Gasteiger partial charge in [-0.15, -0.1) is 6.58 Å². The Morgan fingerprint density at radius 3 is 2.46 bits per heavy atom. The van der Waals surface area contributed by atoms with Crippen LogP contribution < -0.4 is 9.47 Å². The van der Waals surface area contributed by atoms with Crippen molar-refractivity contribution in [3.05, 3.63) is 35.9 Å². The molecule has 24 heavy (non-hydrogen) atoms. The van der Waals surface area contributed by atoms with E-state index in [4.69, 9.17) is 14.2 Å². The van der Waals surface area contributed by atoms with E-state index in [9.17, 15) is 4.79 Å². The van der Waals surface area contributed by atoms with Crippen LogP contribution in [0.25, 0.3) is 0 Å². The molecule has 0 fully saturated rings. The van der Waals surface area contributed by atoms with Crippen molar-refractivity contribution >= 4 is 6.09 Å². The number of fused-ring (bicyclic) bond motifs is 1. The molecule has 1 atom stereocenters. The number of hydrogen-bond acceptors (Lipinski definition) is 4. The van der Waals surface area contributed by atoms with E-state index in [0.717, 1.165) is 12.0 Å². The van der Waals surface area contributed by atoms with Gasteiger partial charge in [-0.1, -0.05) is 6.08 Å². The summed E-state index contributed by atoms with van der Waals surface area (Å²) in [4.78, 5) is 14.4. The van der Waals surface area contributed by atoms with Crippen LogP contribution in [0.15, 0.2) is 24.8 Å². The second kappa shape index (κ2) is 7.16. The number of ether oxygens (including phenoxy) is 3. The molecule has 1 aliphatic rings. The first kappa shape index (κ1) is 18.2. The van der Waals surface area contributed by atoms with Gasteiger partial charge in [-0.05, 0) is 56.9 Å². The molecule has 1 aromatic carbocycles. The third kappa shape index (κ3) is 3.83. The highest BCUT2D eigenvalue weighted by atomic mass is 16.6. The second-order valence-corrected chi connectivity index (χ2v) is 6.87. The smallest absolute Gasteiger partial charge is 0.410 e. The van der Waals surface area contributed by atoms with Gasteiger partial charge in [-0.25, -0.2) is 4.79 Å². The molecule has 0 bridgehead atoms. The van der Waals surface area contributed by atoms with Crippen molar-refractivity contribution in [1.29, 1.82) is 0 Å². The Balaban J connectivity index is 2.40. The number of carbonyl (C=O) groups is 1. The molecule has 2 rings (SSSR count). The van der Waals surface area contributed by atoms with Gasteiger partial charge >= 0.3 is 6.09 Å². The average Bonchev–Trinajstić information content (AvgIpc) is 2.52. The van der Waals surface area contributed by atoms with E-state index >= 15 is 0 Å². The van der Waals surface area contributed by atoms with Crippen LogP contribution in [0.3, 0.4) is 0 Å². The van der Waals surface area contributed by atoms with Crippen LogP contribution in [0.4, 0.5) is 4.79 Å². The Hall–Kier alpha value is -2.17. The van der Waals surface area contributed by atoms with E-state index in [1.807, 2.05) is 39.0 Å². The van der Waals surface area contributed by atoms with E-state index in [1.54, 1.807) is 19.1 Å². The number of hydrogen-bond donors (Lipinski definition) is 0. The van der Waals surface area contributed by atoms with Crippen molar-refractivity contribution < 1.29 is 19.0 Å². The maximum Gasteiger partial charge on any atom is 0.410 e. The zero-order valence-electron chi connectivity index (χ0n) is 15.2. The molecular weight excluding hydrogens is 306 g/mol. The molecule has 132 valence electrons. The predicted molar refractivity (Wildman–Crippen MR) is 93.7 cm³/mol. The first-order valence-corrected chi connectivity index (χ1v) is 8.16. The normalized spacial score (nSPS) is 17.0. The molecular formula is C19H27NO4. The minimum Gasteiger partial charge on any atom is -0.493 e. The molecule has 1 amide bonds. The number of nitrogens with zero attached hydrogens (tertiary/aromatic N) is 1. The molecule has 1 aromatic rings. The van der Waals surface area contributed by atoms with Gasteiger partial charge in [-0.3, -0.25) is 0 Å². The third-order valence-corrected chi connectivity index (χ3v) is 4.02. The number of benzene rings is 1. The molecule has 0 spiro atoms. The number of amides is 1. The molecule has 1 aliphatic heterocycles. The summed E-state index contributed by atoms with van der Waals surface area (Å²) < 4.78 is 16.4. The van der Waals surface area contributed by atoms with Crippen LogP contribution in [0.1, 0.15) is 44.4 Å². The van der Waals surface area contributed by atoms with Crippen molar-refractivity contribution in [3.8, 4) is 11.5 Å². The molecule has 5 heteroatoms. The number of carbonyl (C=O) groups excluding carboxylic acids is 1. The molecule has 1 unspecified atom stereocenters. The third-order valence-electron chi connectivity index (χ3n) is 4.02. The zero-order chi connectivity index (χ0) is 17.9. The summed E-state index contributed by atoms with van der Waals surface area (Å²) in [5.41, 5.74) is 1.71. The Morgan fingerprint density at radius 2 is 1.92 bits per heavy atom. The minimum absolute atomic E-state index is 0.110. The Kier molecular flexibility index (Phi) is 5.42. The van der Waals surface area contributed by atoms with Crippen LogP contribution in [-0.4, -0.2) is 37.4 Å². The fraction of sp³-hybridized carbons (Fsp3) is 0.526. The van der Waals surface area contributed by atoms with Gasteiger partial charge in [0.15, 0.2) is 11.5 Å². The lowest BCUT2D eigenvalue weighted by atomic mass is 9.90. The average molecular weight is 333 g/mol. The molecule has 0 aromatic heterocycles. The second-order valence-electron chi connectivity index (χ2n) is 6.87. The van der Waals surface area contributed by atoms with E-state index < -0.39 is 5.60 Å². The number of rotatable bonds is 4.